The molecule has 0 spiro atoms. The molecule has 0 saturated heterocycles. The fraction of sp³-hybridized carbons (Fsp3) is 0.167. The van der Waals surface area contributed by atoms with Gasteiger partial charge in [0.1, 0.15) is 5.75 Å². The van der Waals surface area contributed by atoms with Crippen LogP contribution in [0, 0.1) is 0 Å². The minimum absolute atomic E-state index is 0.0417. The maximum absolute atomic E-state index is 12.3. The summed E-state index contributed by atoms with van der Waals surface area (Å²) in [5, 5.41) is 7.77. The molecule has 27 heavy (non-hydrogen) atoms. The number of aromatic nitrogens is 2. The second-order valence-corrected chi connectivity index (χ2v) is 7.40. The Labute approximate surface area is 156 Å². The lowest BCUT2D eigenvalue weighted by Gasteiger charge is -2.05. The first kappa shape index (κ1) is 18.7. The van der Waals surface area contributed by atoms with Crippen molar-refractivity contribution in [2.45, 2.75) is 18.4 Å². The Balaban J connectivity index is 1.71. The van der Waals surface area contributed by atoms with Gasteiger partial charge in [-0.05, 0) is 37.3 Å². The van der Waals surface area contributed by atoms with Crippen LogP contribution in [0.15, 0.2) is 57.8 Å². The number of hydrogen-bond acceptors (Lipinski definition) is 7. The molecule has 1 heterocycles. The van der Waals surface area contributed by atoms with E-state index in [2.05, 4.69) is 14.9 Å². The molecule has 0 unspecified atom stereocenters. The maximum Gasteiger partial charge on any atom is 0.247 e. The number of carbonyl (C=O) groups is 1. The van der Waals surface area contributed by atoms with Crippen LogP contribution < -0.4 is 9.46 Å². The molecule has 0 radical (unpaired) electrons. The summed E-state index contributed by atoms with van der Waals surface area (Å²) >= 11 is 0. The number of ketones is 1. The lowest BCUT2D eigenvalue weighted by atomic mass is 10.2. The molecule has 1 aromatic heterocycles. The second-order valence-electron chi connectivity index (χ2n) is 5.64. The number of sulfonamides is 1. The number of ether oxygens (including phenoxy) is 1. The molecule has 9 heteroatoms. The summed E-state index contributed by atoms with van der Waals surface area (Å²) in [5.74, 6) is 0.885. The first-order valence-electron chi connectivity index (χ1n) is 7.96. The molecule has 0 amide bonds. The Bertz CT molecular complexity index is 1060. The minimum atomic E-state index is -3.78. The van der Waals surface area contributed by atoms with Crippen molar-refractivity contribution in [2.75, 3.05) is 7.11 Å². The molecular formula is C18H17N3O5S. The predicted octanol–water partition coefficient (Wildman–Crippen LogP) is 2.43. The van der Waals surface area contributed by atoms with Gasteiger partial charge in [-0.2, -0.15) is 0 Å². The van der Waals surface area contributed by atoms with Crippen molar-refractivity contribution < 1.29 is 22.4 Å². The molecule has 140 valence electrons. The Hall–Kier alpha value is -3.04. The molecule has 0 fully saturated rings. The summed E-state index contributed by atoms with van der Waals surface area (Å²) in [6, 6.07) is 12.7. The van der Waals surface area contributed by atoms with Crippen molar-refractivity contribution >= 4 is 15.8 Å². The highest BCUT2D eigenvalue weighted by Crippen LogP contribution is 2.22. The van der Waals surface area contributed by atoms with Crippen LogP contribution in [-0.2, 0) is 16.6 Å². The van der Waals surface area contributed by atoms with Crippen molar-refractivity contribution in [3.63, 3.8) is 0 Å². The van der Waals surface area contributed by atoms with Gasteiger partial charge in [-0.15, -0.1) is 10.2 Å². The highest BCUT2D eigenvalue weighted by atomic mass is 32.2. The van der Waals surface area contributed by atoms with Gasteiger partial charge in [0.2, 0.25) is 21.8 Å². The van der Waals surface area contributed by atoms with Crippen molar-refractivity contribution in [3.05, 3.63) is 60.0 Å². The number of nitrogens with one attached hydrogen (secondary N) is 1. The van der Waals surface area contributed by atoms with E-state index >= 15 is 0 Å². The van der Waals surface area contributed by atoms with Crippen LogP contribution in [0.4, 0.5) is 0 Å². The normalized spacial score (nSPS) is 11.3. The fourth-order valence-electron chi connectivity index (χ4n) is 2.31. The summed E-state index contributed by atoms with van der Waals surface area (Å²) in [4.78, 5) is 11.3. The summed E-state index contributed by atoms with van der Waals surface area (Å²) in [6.45, 7) is 1.25. The van der Waals surface area contributed by atoms with Gasteiger partial charge < -0.3 is 9.15 Å². The van der Waals surface area contributed by atoms with E-state index in [1.807, 2.05) is 0 Å². The molecule has 0 atom stereocenters. The van der Waals surface area contributed by atoms with Crippen molar-refractivity contribution in [1.29, 1.82) is 0 Å². The number of benzene rings is 2. The van der Waals surface area contributed by atoms with E-state index < -0.39 is 10.0 Å². The third-order valence-corrected chi connectivity index (χ3v) is 5.19. The van der Waals surface area contributed by atoms with Gasteiger partial charge in [-0.3, -0.25) is 4.79 Å². The lowest BCUT2D eigenvalue weighted by molar-refractivity contribution is 0.101. The number of Topliss-reactive ketones (excluding diaryl/α,β-unsaturated/α-hetero) is 1. The average Bonchev–Trinajstić information content (AvgIpc) is 3.16. The van der Waals surface area contributed by atoms with E-state index in [1.54, 1.807) is 31.4 Å². The third kappa shape index (κ3) is 4.39. The van der Waals surface area contributed by atoms with Crippen molar-refractivity contribution in [2.24, 2.45) is 0 Å². The van der Waals surface area contributed by atoms with Gasteiger partial charge in [0.25, 0.3) is 0 Å². The highest BCUT2D eigenvalue weighted by Gasteiger charge is 2.17. The largest absolute Gasteiger partial charge is 0.497 e. The van der Waals surface area contributed by atoms with Gasteiger partial charge in [0.05, 0.1) is 18.6 Å². The molecule has 0 saturated carbocycles. The molecule has 3 rings (SSSR count). The zero-order valence-electron chi connectivity index (χ0n) is 14.7. The van der Waals surface area contributed by atoms with Crippen LogP contribution in [-0.4, -0.2) is 31.5 Å². The Morgan fingerprint density at radius 1 is 1.15 bits per heavy atom. The maximum atomic E-state index is 12.3. The summed E-state index contributed by atoms with van der Waals surface area (Å²) in [6.07, 6.45) is 0. The molecule has 0 aliphatic heterocycles. The Morgan fingerprint density at radius 2 is 1.89 bits per heavy atom. The van der Waals surface area contributed by atoms with Gasteiger partial charge in [-0.1, -0.05) is 18.2 Å². The van der Waals surface area contributed by atoms with E-state index in [0.29, 0.717) is 16.9 Å². The summed E-state index contributed by atoms with van der Waals surface area (Å²) in [5.41, 5.74) is 1.10. The minimum Gasteiger partial charge on any atom is -0.497 e. The molecule has 8 nitrogen and oxygen atoms in total. The molecule has 2 aromatic carbocycles. The smallest absolute Gasteiger partial charge is 0.247 e. The van der Waals surface area contributed by atoms with E-state index in [4.69, 9.17) is 9.15 Å². The Morgan fingerprint density at radius 3 is 2.56 bits per heavy atom. The summed E-state index contributed by atoms with van der Waals surface area (Å²) in [7, 11) is -2.22. The fourth-order valence-corrected chi connectivity index (χ4v) is 3.28. The van der Waals surface area contributed by atoms with Gasteiger partial charge in [0, 0.05) is 11.1 Å². The van der Waals surface area contributed by atoms with E-state index in [9.17, 15) is 13.2 Å². The predicted molar refractivity (Wildman–Crippen MR) is 96.8 cm³/mol. The van der Waals surface area contributed by atoms with Gasteiger partial charge in [-0.25, -0.2) is 13.1 Å². The number of hydrogen-bond donors (Lipinski definition) is 1. The lowest BCUT2D eigenvalue weighted by Crippen LogP contribution is -2.23. The van der Waals surface area contributed by atoms with Crippen LogP contribution in [0.2, 0.25) is 0 Å². The zero-order chi connectivity index (χ0) is 19.4. The van der Waals surface area contributed by atoms with Gasteiger partial charge >= 0.3 is 0 Å². The standard InChI is InChI=1S/C18H17N3O5S/c1-12(22)13-6-8-16(9-7-13)27(23,24)19-11-17-20-21-18(26-17)14-4-3-5-15(10-14)25-2/h3-10,19H,11H2,1-2H3. The highest BCUT2D eigenvalue weighted by molar-refractivity contribution is 7.89. The Kier molecular flexibility index (Phi) is 5.33. The monoisotopic (exact) mass is 387 g/mol. The molecule has 3 aromatic rings. The molecule has 1 N–H and O–H groups in total. The number of methoxy groups -OCH3 is 1. The zero-order valence-corrected chi connectivity index (χ0v) is 15.5. The second kappa shape index (κ2) is 7.68. The number of nitrogens with zero attached hydrogens (tertiary/aromatic N) is 2. The van der Waals surface area contributed by atoms with Crippen molar-refractivity contribution in [1.82, 2.24) is 14.9 Å². The SMILES string of the molecule is COc1cccc(-c2nnc(CNS(=O)(=O)c3ccc(C(C)=O)cc3)o2)c1. The molecular weight excluding hydrogens is 370 g/mol. The van der Waals surface area contributed by atoms with Crippen LogP contribution >= 0.6 is 0 Å². The first-order valence-corrected chi connectivity index (χ1v) is 9.45. The van der Waals surface area contributed by atoms with E-state index in [1.165, 1.54) is 31.2 Å². The third-order valence-electron chi connectivity index (χ3n) is 3.77. The number of carbonyl (C=O) groups excluding carboxylic acids is 1. The average molecular weight is 387 g/mol. The quantitative estimate of drug-likeness (QED) is 0.620. The van der Waals surface area contributed by atoms with Crippen molar-refractivity contribution in [3.8, 4) is 17.2 Å². The van der Waals surface area contributed by atoms with Crippen LogP contribution in [0.1, 0.15) is 23.2 Å². The first-order chi connectivity index (χ1) is 12.9. The van der Waals surface area contributed by atoms with Gasteiger partial charge in [0.15, 0.2) is 5.78 Å². The molecule has 0 bridgehead atoms. The molecule has 0 aliphatic carbocycles. The van der Waals surface area contributed by atoms with Crippen LogP contribution in [0.25, 0.3) is 11.5 Å². The van der Waals surface area contributed by atoms with E-state index in [0.717, 1.165) is 0 Å². The number of rotatable bonds is 7. The van der Waals surface area contributed by atoms with E-state index in [-0.39, 0.29) is 29.0 Å². The summed E-state index contributed by atoms with van der Waals surface area (Å²) < 4.78 is 37.7. The van der Waals surface area contributed by atoms with Crippen LogP contribution in [0.3, 0.4) is 0 Å². The molecule has 0 aliphatic rings. The topological polar surface area (TPSA) is 111 Å². The van der Waals surface area contributed by atoms with Crippen LogP contribution in [0.5, 0.6) is 5.75 Å².